The first kappa shape index (κ1) is 16.4. The smallest absolute Gasteiger partial charge is 0.256 e. The predicted octanol–water partition coefficient (Wildman–Crippen LogP) is 3.92. The van der Waals surface area contributed by atoms with Crippen LogP contribution in [0.4, 0.5) is 0 Å². The van der Waals surface area contributed by atoms with E-state index in [2.05, 4.69) is 35.5 Å². The Morgan fingerprint density at radius 2 is 2.04 bits per heavy atom. The fraction of sp³-hybridized carbons (Fsp3) is 0.632. The van der Waals surface area contributed by atoms with Gasteiger partial charge in [-0.25, -0.2) is 0 Å². The van der Waals surface area contributed by atoms with Crippen molar-refractivity contribution in [2.45, 2.75) is 71.4 Å². The van der Waals surface area contributed by atoms with Crippen LogP contribution in [0.3, 0.4) is 0 Å². The molecule has 4 rings (SSSR count). The van der Waals surface area contributed by atoms with Crippen molar-refractivity contribution in [2.24, 2.45) is 0 Å². The Bertz CT molecular complexity index is 800. The Morgan fingerprint density at radius 1 is 1.28 bits per heavy atom. The maximum atomic E-state index is 13.2. The molecule has 1 aliphatic heterocycles. The van der Waals surface area contributed by atoms with Crippen LogP contribution in [0, 0.1) is 13.8 Å². The van der Waals surface area contributed by atoms with Gasteiger partial charge < -0.3 is 14.0 Å². The number of likely N-dealkylation sites (tertiary alicyclic amines) is 1. The summed E-state index contributed by atoms with van der Waals surface area (Å²) in [6.45, 7) is 9.14. The van der Waals surface area contributed by atoms with Crippen LogP contribution in [-0.4, -0.2) is 32.1 Å². The van der Waals surface area contributed by atoms with E-state index < -0.39 is 0 Å². The molecular weight excluding hydrogens is 316 g/mol. The second-order valence-corrected chi connectivity index (χ2v) is 7.67. The van der Waals surface area contributed by atoms with E-state index in [1.54, 1.807) is 0 Å². The van der Waals surface area contributed by atoms with Crippen molar-refractivity contribution in [1.82, 2.24) is 19.6 Å². The van der Waals surface area contributed by atoms with Crippen LogP contribution in [0.25, 0.3) is 0 Å². The van der Waals surface area contributed by atoms with Crippen molar-refractivity contribution in [3.05, 3.63) is 34.7 Å². The Balaban J connectivity index is 1.61. The van der Waals surface area contributed by atoms with Crippen LogP contribution in [0.15, 0.2) is 10.6 Å². The highest BCUT2D eigenvalue weighted by molar-refractivity contribution is 5.96. The molecule has 1 saturated heterocycles. The SMILES string of the molecule is Cc1cc(C(=O)N2CCCC2c2noc(C3CC3)n2)c(C)n1C(C)C. The number of carbonyl (C=O) groups is 1. The number of aromatic nitrogens is 3. The fourth-order valence-corrected chi connectivity index (χ4v) is 4.10. The van der Waals surface area contributed by atoms with Gasteiger partial charge in [0.2, 0.25) is 5.89 Å². The third-order valence-electron chi connectivity index (χ3n) is 5.43. The molecule has 2 aromatic heterocycles. The number of rotatable bonds is 4. The van der Waals surface area contributed by atoms with Gasteiger partial charge in [-0.2, -0.15) is 4.98 Å². The van der Waals surface area contributed by atoms with E-state index >= 15 is 0 Å². The molecule has 1 aliphatic carbocycles. The zero-order chi connectivity index (χ0) is 17.7. The maximum absolute atomic E-state index is 13.2. The molecule has 0 aromatic carbocycles. The van der Waals surface area contributed by atoms with E-state index in [0.29, 0.717) is 17.8 Å². The molecule has 2 aliphatic rings. The topological polar surface area (TPSA) is 64.2 Å². The molecule has 1 unspecified atom stereocenters. The number of hydrogen-bond acceptors (Lipinski definition) is 4. The summed E-state index contributed by atoms with van der Waals surface area (Å²) < 4.78 is 7.63. The van der Waals surface area contributed by atoms with E-state index in [-0.39, 0.29) is 11.9 Å². The summed E-state index contributed by atoms with van der Waals surface area (Å²) in [5, 5.41) is 4.17. The summed E-state index contributed by atoms with van der Waals surface area (Å²) in [6.07, 6.45) is 4.15. The molecule has 2 aromatic rings. The molecule has 0 bridgehead atoms. The summed E-state index contributed by atoms with van der Waals surface area (Å²) in [5.41, 5.74) is 2.96. The van der Waals surface area contributed by atoms with Crippen molar-refractivity contribution >= 4 is 5.91 Å². The van der Waals surface area contributed by atoms with Gasteiger partial charge in [0.1, 0.15) is 0 Å². The second-order valence-electron chi connectivity index (χ2n) is 7.67. The highest BCUT2D eigenvalue weighted by atomic mass is 16.5. The third kappa shape index (κ3) is 2.77. The van der Waals surface area contributed by atoms with Gasteiger partial charge in [0.15, 0.2) is 5.82 Å². The first-order valence-electron chi connectivity index (χ1n) is 9.30. The lowest BCUT2D eigenvalue weighted by atomic mass is 10.1. The van der Waals surface area contributed by atoms with Gasteiger partial charge >= 0.3 is 0 Å². The van der Waals surface area contributed by atoms with Gasteiger partial charge in [-0.05, 0) is 59.4 Å². The minimum atomic E-state index is -0.0640. The van der Waals surface area contributed by atoms with Gasteiger partial charge in [-0.15, -0.1) is 0 Å². The zero-order valence-corrected chi connectivity index (χ0v) is 15.5. The van der Waals surface area contributed by atoms with Crippen molar-refractivity contribution in [2.75, 3.05) is 6.54 Å². The van der Waals surface area contributed by atoms with Crippen molar-refractivity contribution in [3.63, 3.8) is 0 Å². The standard InChI is InChI=1S/C19H26N4O2/c1-11(2)23-12(3)10-15(13(23)4)19(24)22-9-5-6-16(22)17-20-18(25-21-17)14-7-8-14/h10-11,14,16H,5-9H2,1-4H3. The molecule has 1 atom stereocenters. The van der Waals surface area contributed by atoms with Crippen LogP contribution in [-0.2, 0) is 0 Å². The number of aryl methyl sites for hydroxylation is 1. The minimum Gasteiger partial charge on any atom is -0.346 e. The lowest BCUT2D eigenvalue weighted by molar-refractivity contribution is 0.0727. The van der Waals surface area contributed by atoms with Crippen LogP contribution in [0.2, 0.25) is 0 Å². The van der Waals surface area contributed by atoms with Crippen LogP contribution in [0.5, 0.6) is 0 Å². The Morgan fingerprint density at radius 3 is 2.68 bits per heavy atom. The lowest BCUT2D eigenvalue weighted by Gasteiger charge is -2.22. The molecule has 134 valence electrons. The van der Waals surface area contributed by atoms with Gasteiger partial charge in [0.05, 0.1) is 11.6 Å². The average molecular weight is 342 g/mol. The monoisotopic (exact) mass is 342 g/mol. The molecule has 6 heteroatoms. The highest BCUT2D eigenvalue weighted by Gasteiger charge is 2.37. The van der Waals surface area contributed by atoms with Crippen LogP contribution in [0.1, 0.15) is 91.0 Å². The normalized spacial score (nSPS) is 20.7. The second kappa shape index (κ2) is 6.00. The van der Waals surface area contributed by atoms with Crippen molar-refractivity contribution in [1.29, 1.82) is 0 Å². The largest absolute Gasteiger partial charge is 0.346 e. The summed E-state index contributed by atoms with van der Waals surface area (Å²) >= 11 is 0. The number of hydrogen-bond donors (Lipinski definition) is 0. The van der Waals surface area contributed by atoms with E-state index in [1.165, 1.54) is 0 Å². The number of carbonyl (C=O) groups excluding carboxylic acids is 1. The summed E-state index contributed by atoms with van der Waals surface area (Å²) in [6, 6.07) is 2.29. The molecule has 0 radical (unpaired) electrons. The van der Waals surface area contributed by atoms with Crippen molar-refractivity contribution in [3.8, 4) is 0 Å². The first-order valence-corrected chi connectivity index (χ1v) is 9.30. The zero-order valence-electron chi connectivity index (χ0n) is 15.5. The predicted molar refractivity (Wildman–Crippen MR) is 93.6 cm³/mol. The number of nitrogens with zero attached hydrogens (tertiary/aromatic N) is 4. The first-order chi connectivity index (χ1) is 12.0. The number of amides is 1. The van der Waals surface area contributed by atoms with Gasteiger partial charge in [0, 0.05) is 29.9 Å². The van der Waals surface area contributed by atoms with Gasteiger partial charge in [-0.3, -0.25) is 4.79 Å². The molecule has 0 N–H and O–H groups in total. The fourth-order valence-electron chi connectivity index (χ4n) is 4.10. The summed E-state index contributed by atoms with van der Waals surface area (Å²) in [4.78, 5) is 19.7. The van der Waals surface area contributed by atoms with Crippen LogP contribution >= 0.6 is 0 Å². The van der Waals surface area contributed by atoms with E-state index in [1.807, 2.05) is 17.9 Å². The highest BCUT2D eigenvalue weighted by Crippen LogP contribution is 2.40. The maximum Gasteiger partial charge on any atom is 0.256 e. The molecule has 1 saturated carbocycles. The Labute approximate surface area is 148 Å². The van der Waals surface area contributed by atoms with Crippen LogP contribution < -0.4 is 0 Å². The van der Waals surface area contributed by atoms with Gasteiger partial charge in [-0.1, -0.05) is 5.16 Å². The molecule has 6 nitrogen and oxygen atoms in total. The molecular formula is C19H26N4O2. The van der Waals surface area contributed by atoms with E-state index in [4.69, 9.17) is 4.52 Å². The van der Waals surface area contributed by atoms with Crippen molar-refractivity contribution < 1.29 is 9.32 Å². The summed E-state index contributed by atoms with van der Waals surface area (Å²) in [5.74, 6) is 1.94. The lowest BCUT2D eigenvalue weighted by Crippen LogP contribution is -2.31. The third-order valence-corrected chi connectivity index (χ3v) is 5.43. The molecule has 1 amide bonds. The van der Waals surface area contributed by atoms with E-state index in [9.17, 15) is 4.79 Å². The Kier molecular flexibility index (Phi) is 3.93. The minimum absolute atomic E-state index is 0.0640. The molecule has 2 fully saturated rings. The molecule has 25 heavy (non-hydrogen) atoms. The Hall–Kier alpha value is -2.11. The van der Waals surface area contributed by atoms with Gasteiger partial charge in [0.25, 0.3) is 5.91 Å². The quantitative estimate of drug-likeness (QED) is 0.844. The molecule has 0 spiro atoms. The summed E-state index contributed by atoms with van der Waals surface area (Å²) in [7, 11) is 0. The van der Waals surface area contributed by atoms with E-state index in [0.717, 1.165) is 55.1 Å². The average Bonchev–Trinajstić information content (AvgIpc) is 2.99. The molecule has 3 heterocycles.